The van der Waals surface area contributed by atoms with E-state index < -0.39 is 38.1 Å². The summed E-state index contributed by atoms with van der Waals surface area (Å²) in [6.45, 7) is -0.576. The Kier molecular flexibility index (Phi) is 5.04. The first-order valence-corrected chi connectivity index (χ1v) is 8.89. The summed E-state index contributed by atoms with van der Waals surface area (Å²) in [7, 11) is -3.81. The van der Waals surface area contributed by atoms with E-state index in [1.807, 2.05) is 0 Å². The van der Waals surface area contributed by atoms with Gasteiger partial charge >= 0.3 is 6.18 Å². The van der Waals surface area contributed by atoms with Crippen LogP contribution in [0.2, 0.25) is 0 Å². The molecule has 0 aliphatic carbocycles. The van der Waals surface area contributed by atoms with Gasteiger partial charge in [-0.05, 0) is 18.6 Å². The minimum Gasteiger partial charge on any atom is -0.381 e. The molecular weight excluding hydrogens is 351 g/mol. The van der Waals surface area contributed by atoms with Crippen LogP contribution < -0.4 is 5.32 Å². The molecule has 0 amide bonds. The molecule has 1 N–H and O–H groups in total. The Bertz CT molecular complexity index is 736. The molecule has 24 heavy (non-hydrogen) atoms. The van der Waals surface area contributed by atoms with Crippen LogP contribution >= 0.6 is 0 Å². The van der Waals surface area contributed by atoms with Crippen LogP contribution in [0.15, 0.2) is 23.1 Å². The van der Waals surface area contributed by atoms with Crippen molar-refractivity contribution in [1.29, 1.82) is 0 Å². The number of nitro groups is 1. The summed E-state index contributed by atoms with van der Waals surface area (Å²) in [5.74, 6) is 0. The van der Waals surface area contributed by atoms with E-state index in [1.165, 1.54) is 11.0 Å². The largest absolute Gasteiger partial charge is 0.401 e. The Balaban J connectivity index is 2.13. The summed E-state index contributed by atoms with van der Waals surface area (Å²) in [4.78, 5) is 10.9. The monoisotopic (exact) mass is 367 g/mol. The van der Waals surface area contributed by atoms with Gasteiger partial charge < -0.3 is 5.32 Å². The maximum atomic E-state index is 12.4. The van der Waals surface area contributed by atoms with E-state index >= 15 is 0 Å². The molecule has 1 heterocycles. The molecule has 1 aromatic carbocycles. The number of anilines is 1. The van der Waals surface area contributed by atoms with Gasteiger partial charge in [0.15, 0.2) is 9.84 Å². The summed E-state index contributed by atoms with van der Waals surface area (Å²) in [5.41, 5.74) is -0.215. The van der Waals surface area contributed by atoms with Gasteiger partial charge in [0.2, 0.25) is 0 Å². The molecule has 0 radical (unpaired) electrons. The van der Waals surface area contributed by atoms with Crippen molar-refractivity contribution in [2.24, 2.45) is 0 Å². The maximum Gasteiger partial charge on any atom is 0.401 e. The lowest BCUT2D eigenvalue weighted by Gasteiger charge is -2.19. The second-order valence-corrected chi connectivity index (χ2v) is 7.68. The van der Waals surface area contributed by atoms with Gasteiger partial charge in [-0.1, -0.05) is 0 Å². The molecule has 2 rings (SSSR count). The summed E-state index contributed by atoms with van der Waals surface area (Å²) in [5, 5.41) is 13.8. The Morgan fingerprint density at radius 2 is 2.08 bits per heavy atom. The molecule has 1 saturated heterocycles. The van der Waals surface area contributed by atoms with E-state index in [0.29, 0.717) is 12.1 Å². The number of rotatable bonds is 5. The highest BCUT2D eigenvalue weighted by Gasteiger charge is 2.34. The molecule has 1 aliphatic heterocycles. The van der Waals surface area contributed by atoms with Crippen molar-refractivity contribution < 1.29 is 26.5 Å². The topological polar surface area (TPSA) is 92.6 Å². The van der Waals surface area contributed by atoms with Gasteiger partial charge in [-0.3, -0.25) is 15.0 Å². The number of alkyl halides is 3. The molecule has 1 aromatic rings. The third-order valence-corrected chi connectivity index (χ3v) is 4.73. The first kappa shape index (κ1) is 18.5. The zero-order valence-electron chi connectivity index (χ0n) is 12.7. The highest BCUT2D eigenvalue weighted by molar-refractivity contribution is 7.90. The second kappa shape index (κ2) is 6.55. The molecule has 0 aromatic heterocycles. The molecule has 11 heteroatoms. The molecule has 7 nitrogen and oxygen atoms in total. The van der Waals surface area contributed by atoms with Gasteiger partial charge in [0, 0.05) is 37.1 Å². The van der Waals surface area contributed by atoms with Crippen molar-refractivity contribution in [3.05, 3.63) is 28.3 Å². The Hall–Kier alpha value is -1.88. The van der Waals surface area contributed by atoms with Crippen LogP contribution in [-0.4, -0.2) is 56.3 Å². The fraction of sp³-hybridized carbons (Fsp3) is 0.538. The van der Waals surface area contributed by atoms with Crippen LogP contribution in [0.3, 0.4) is 0 Å². The van der Waals surface area contributed by atoms with E-state index in [4.69, 9.17) is 0 Å². The lowest BCUT2D eigenvalue weighted by molar-refractivity contribution is -0.387. The fourth-order valence-corrected chi connectivity index (χ4v) is 3.50. The summed E-state index contributed by atoms with van der Waals surface area (Å²) < 4.78 is 60.5. The summed E-state index contributed by atoms with van der Waals surface area (Å²) in [6, 6.07) is 3.27. The molecule has 134 valence electrons. The highest BCUT2D eigenvalue weighted by atomic mass is 32.2. The van der Waals surface area contributed by atoms with E-state index in [1.54, 1.807) is 0 Å². The molecule has 0 bridgehead atoms. The summed E-state index contributed by atoms with van der Waals surface area (Å²) in [6.07, 6.45) is -2.95. The average molecular weight is 367 g/mol. The van der Waals surface area contributed by atoms with Gasteiger partial charge in [0.05, 0.1) is 11.5 Å². The quantitative estimate of drug-likeness (QED) is 0.632. The average Bonchev–Trinajstić information content (AvgIpc) is 2.82. The highest BCUT2D eigenvalue weighted by Crippen LogP contribution is 2.28. The molecule has 0 spiro atoms. The standard InChI is InChI=1S/C13H16F3N3O4S/c1-24(22,23)12-6-9(2-3-11(12)19(20)21)17-10-4-5-18(7-10)8-13(14,15)16/h2-3,6,10,17H,4-5,7-8H2,1H3. The van der Waals surface area contributed by atoms with Crippen molar-refractivity contribution in [3.8, 4) is 0 Å². The molecule has 1 aliphatic rings. The fourth-order valence-electron chi connectivity index (χ4n) is 2.64. The van der Waals surface area contributed by atoms with Gasteiger partial charge in [-0.2, -0.15) is 13.2 Å². The Morgan fingerprint density at radius 1 is 1.42 bits per heavy atom. The lowest BCUT2D eigenvalue weighted by atomic mass is 10.2. The van der Waals surface area contributed by atoms with Crippen molar-refractivity contribution in [1.82, 2.24) is 4.90 Å². The normalized spacial score (nSPS) is 19.4. The zero-order chi connectivity index (χ0) is 18.1. The van der Waals surface area contributed by atoms with Crippen LogP contribution in [0.1, 0.15) is 6.42 Å². The van der Waals surface area contributed by atoms with E-state index in [-0.39, 0.29) is 19.1 Å². The molecule has 1 fully saturated rings. The first-order chi connectivity index (χ1) is 11.0. The van der Waals surface area contributed by atoms with Crippen LogP contribution in [0.4, 0.5) is 24.5 Å². The summed E-state index contributed by atoms with van der Waals surface area (Å²) >= 11 is 0. The predicted octanol–water partition coefficient (Wildman–Crippen LogP) is 2.05. The zero-order valence-corrected chi connectivity index (χ0v) is 13.5. The Morgan fingerprint density at radius 3 is 2.62 bits per heavy atom. The first-order valence-electron chi connectivity index (χ1n) is 7.00. The molecule has 1 atom stereocenters. The molecule has 0 saturated carbocycles. The van der Waals surface area contributed by atoms with Gasteiger partial charge in [-0.25, -0.2) is 8.42 Å². The van der Waals surface area contributed by atoms with Crippen LogP contribution in [0, 0.1) is 10.1 Å². The van der Waals surface area contributed by atoms with Crippen LogP contribution in [0.5, 0.6) is 0 Å². The SMILES string of the molecule is CS(=O)(=O)c1cc(NC2CCN(CC(F)(F)F)C2)ccc1[N+](=O)[O-]. The third-order valence-electron chi connectivity index (χ3n) is 3.60. The van der Waals surface area contributed by atoms with Crippen molar-refractivity contribution in [2.75, 3.05) is 31.2 Å². The van der Waals surface area contributed by atoms with Crippen LogP contribution in [0.25, 0.3) is 0 Å². The minimum atomic E-state index is -4.27. The number of likely N-dealkylation sites (tertiary alicyclic amines) is 1. The van der Waals surface area contributed by atoms with Crippen molar-refractivity contribution >= 4 is 21.2 Å². The third kappa shape index (κ3) is 4.81. The van der Waals surface area contributed by atoms with Gasteiger partial charge in [0.25, 0.3) is 5.69 Å². The number of nitro benzene ring substituents is 1. The lowest BCUT2D eigenvalue weighted by Crippen LogP contribution is -2.34. The Labute approximate surface area is 136 Å². The second-order valence-electron chi connectivity index (χ2n) is 5.69. The molecule has 1 unspecified atom stereocenters. The number of hydrogen-bond donors (Lipinski definition) is 1. The number of benzene rings is 1. The smallest absolute Gasteiger partial charge is 0.381 e. The molecular formula is C13H16F3N3O4S. The van der Waals surface area contributed by atoms with Crippen LogP contribution in [-0.2, 0) is 9.84 Å². The maximum absolute atomic E-state index is 12.4. The van der Waals surface area contributed by atoms with Gasteiger partial charge in [-0.15, -0.1) is 0 Å². The van der Waals surface area contributed by atoms with Crippen molar-refractivity contribution in [2.45, 2.75) is 23.5 Å². The number of nitrogens with zero attached hydrogens (tertiary/aromatic N) is 2. The number of hydrogen-bond acceptors (Lipinski definition) is 6. The predicted molar refractivity (Wildman–Crippen MR) is 80.7 cm³/mol. The number of nitrogens with one attached hydrogen (secondary N) is 1. The van der Waals surface area contributed by atoms with Crippen molar-refractivity contribution in [3.63, 3.8) is 0 Å². The number of sulfone groups is 1. The number of halogens is 3. The van der Waals surface area contributed by atoms with Gasteiger partial charge in [0.1, 0.15) is 4.90 Å². The van der Waals surface area contributed by atoms with E-state index in [2.05, 4.69) is 5.32 Å². The van der Waals surface area contributed by atoms with E-state index in [9.17, 15) is 31.7 Å². The van der Waals surface area contributed by atoms with E-state index in [0.717, 1.165) is 18.4 Å². The minimum absolute atomic E-state index is 0.157.